The molecule has 0 saturated carbocycles. The van der Waals surface area contributed by atoms with Gasteiger partial charge in [0.25, 0.3) is 0 Å². The van der Waals surface area contributed by atoms with Gasteiger partial charge >= 0.3 is 0 Å². The molecule has 0 aliphatic carbocycles. The summed E-state index contributed by atoms with van der Waals surface area (Å²) in [5.74, 6) is 0. The van der Waals surface area contributed by atoms with Crippen LogP contribution in [0.25, 0.3) is 0 Å². The molecule has 1 aromatic heterocycles. The van der Waals surface area contributed by atoms with Crippen molar-refractivity contribution < 1.29 is 0 Å². The summed E-state index contributed by atoms with van der Waals surface area (Å²) in [5, 5.41) is 0. The minimum absolute atomic E-state index is 0.298. The predicted molar refractivity (Wildman–Crippen MR) is 76.5 cm³/mol. The number of hydrogen-bond donors (Lipinski definition) is 1. The highest BCUT2D eigenvalue weighted by atomic mass is 15.1. The molecule has 3 heteroatoms. The summed E-state index contributed by atoms with van der Waals surface area (Å²) in [5.41, 5.74) is 9.68. The molecule has 2 N–H and O–H groups in total. The van der Waals surface area contributed by atoms with Gasteiger partial charge in [-0.05, 0) is 24.0 Å². The van der Waals surface area contributed by atoms with Crippen molar-refractivity contribution in [3.8, 4) is 0 Å². The first-order valence-corrected chi connectivity index (χ1v) is 6.60. The first kappa shape index (κ1) is 13.1. The molecule has 98 valence electrons. The van der Waals surface area contributed by atoms with E-state index in [1.165, 1.54) is 5.69 Å². The van der Waals surface area contributed by atoms with E-state index >= 15 is 0 Å². The Morgan fingerprint density at radius 3 is 2.72 bits per heavy atom. The lowest BCUT2D eigenvalue weighted by molar-refractivity contribution is 0.472. The Morgan fingerprint density at radius 1 is 1.39 bits per heavy atom. The molecule has 1 aromatic rings. The van der Waals surface area contributed by atoms with E-state index in [1.54, 1.807) is 5.57 Å². The molecule has 0 fully saturated rings. The average Bonchev–Trinajstić information content (AvgIpc) is 2.38. The molecule has 0 spiro atoms. The number of pyridine rings is 1. The van der Waals surface area contributed by atoms with Gasteiger partial charge in [-0.15, -0.1) is 0 Å². The van der Waals surface area contributed by atoms with Gasteiger partial charge in [-0.2, -0.15) is 0 Å². The molecule has 0 saturated heterocycles. The molecule has 2 heterocycles. The zero-order valence-electron chi connectivity index (χ0n) is 11.6. The van der Waals surface area contributed by atoms with Crippen LogP contribution in [0.5, 0.6) is 0 Å². The van der Waals surface area contributed by atoms with Gasteiger partial charge in [0.15, 0.2) is 0 Å². The molecule has 0 amide bonds. The van der Waals surface area contributed by atoms with Gasteiger partial charge in [-0.25, -0.2) is 0 Å². The lowest BCUT2D eigenvalue weighted by atomic mass is 9.83. The molecule has 0 aromatic carbocycles. The van der Waals surface area contributed by atoms with Crippen molar-refractivity contribution in [1.82, 2.24) is 4.98 Å². The summed E-state index contributed by atoms with van der Waals surface area (Å²) < 4.78 is 0. The Hall–Kier alpha value is -1.35. The van der Waals surface area contributed by atoms with E-state index < -0.39 is 0 Å². The van der Waals surface area contributed by atoms with Crippen LogP contribution in [0, 0.1) is 5.41 Å². The van der Waals surface area contributed by atoms with Crippen LogP contribution in [0.2, 0.25) is 0 Å². The van der Waals surface area contributed by atoms with Gasteiger partial charge in [0.1, 0.15) is 0 Å². The smallest absolute Gasteiger partial charge is 0.0560 e. The highest BCUT2D eigenvalue weighted by Gasteiger charge is 2.21. The van der Waals surface area contributed by atoms with E-state index in [-0.39, 0.29) is 0 Å². The third-order valence-electron chi connectivity index (χ3n) is 3.55. The molecule has 0 atom stereocenters. The molecular weight excluding hydrogens is 222 g/mol. The second kappa shape index (κ2) is 5.11. The van der Waals surface area contributed by atoms with Crippen molar-refractivity contribution in [2.24, 2.45) is 11.1 Å². The number of hydrogen-bond acceptors (Lipinski definition) is 3. The molecular formula is C15H23N3. The number of rotatable bonds is 2. The van der Waals surface area contributed by atoms with Crippen LogP contribution in [0.1, 0.15) is 32.9 Å². The largest absolute Gasteiger partial charge is 0.367 e. The van der Waals surface area contributed by atoms with Crippen LogP contribution in [0.15, 0.2) is 30.0 Å². The van der Waals surface area contributed by atoms with Crippen LogP contribution in [0.4, 0.5) is 5.69 Å². The van der Waals surface area contributed by atoms with E-state index in [4.69, 9.17) is 5.73 Å². The molecule has 0 radical (unpaired) electrons. The lowest BCUT2D eigenvalue weighted by Crippen LogP contribution is -2.31. The highest BCUT2D eigenvalue weighted by molar-refractivity contribution is 5.48. The topological polar surface area (TPSA) is 42.2 Å². The Kier molecular flexibility index (Phi) is 3.71. The number of nitrogens with two attached hydrogens (primary N) is 1. The van der Waals surface area contributed by atoms with E-state index in [1.807, 2.05) is 6.20 Å². The average molecular weight is 245 g/mol. The Morgan fingerprint density at radius 2 is 2.17 bits per heavy atom. The van der Waals surface area contributed by atoms with Crippen molar-refractivity contribution in [3.63, 3.8) is 0 Å². The molecule has 1 aliphatic heterocycles. The van der Waals surface area contributed by atoms with Gasteiger partial charge in [0.2, 0.25) is 0 Å². The van der Waals surface area contributed by atoms with Crippen molar-refractivity contribution in [3.05, 3.63) is 35.7 Å². The first-order valence-electron chi connectivity index (χ1n) is 6.60. The Balaban J connectivity index is 2.11. The van der Waals surface area contributed by atoms with Gasteiger partial charge in [0.05, 0.1) is 5.69 Å². The van der Waals surface area contributed by atoms with Crippen LogP contribution < -0.4 is 10.6 Å². The molecule has 2 rings (SSSR count). The summed E-state index contributed by atoms with van der Waals surface area (Å²) in [7, 11) is 0. The van der Waals surface area contributed by atoms with Crippen LogP contribution >= 0.6 is 0 Å². The fourth-order valence-corrected chi connectivity index (χ4v) is 2.36. The van der Waals surface area contributed by atoms with E-state index in [2.05, 4.69) is 48.9 Å². The quantitative estimate of drug-likeness (QED) is 0.815. The van der Waals surface area contributed by atoms with Crippen molar-refractivity contribution in [2.45, 2.75) is 33.7 Å². The minimum Gasteiger partial charge on any atom is -0.367 e. The van der Waals surface area contributed by atoms with E-state index in [0.717, 1.165) is 25.2 Å². The monoisotopic (exact) mass is 245 g/mol. The summed E-state index contributed by atoms with van der Waals surface area (Å²) in [6.45, 7) is 9.43. The molecule has 0 bridgehead atoms. The summed E-state index contributed by atoms with van der Waals surface area (Å²) in [4.78, 5) is 6.62. The van der Waals surface area contributed by atoms with E-state index in [9.17, 15) is 0 Å². The maximum absolute atomic E-state index is 5.63. The summed E-state index contributed by atoms with van der Waals surface area (Å²) in [6.07, 6.45) is 5.36. The molecule has 0 unspecified atom stereocenters. The zero-order valence-corrected chi connectivity index (χ0v) is 11.6. The van der Waals surface area contributed by atoms with Crippen molar-refractivity contribution >= 4 is 5.69 Å². The predicted octanol–water partition coefficient (Wildman–Crippen LogP) is 2.72. The van der Waals surface area contributed by atoms with Gasteiger partial charge in [-0.3, -0.25) is 4.98 Å². The van der Waals surface area contributed by atoms with Crippen molar-refractivity contribution in [1.29, 1.82) is 0 Å². The summed E-state index contributed by atoms with van der Waals surface area (Å²) >= 11 is 0. The van der Waals surface area contributed by atoms with Gasteiger partial charge < -0.3 is 10.6 Å². The Bertz CT molecular complexity index is 443. The SMILES string of the molecule is CC(C)(C)C1=CCN(c2ccnc(CN)c2)CC1. The second-order valence-electron chi connectivity index (χ2n) is 5.88. The first-order chi connectivity index (χ1) is 8.50. The second-order valence-corrected chi connectivity index (χ2v) is 5.88. The number of nitrogens with zero attached hydrogens (tertiary/aromatic N) is 2. The van der Waals surface area contributed by atoms with E-state index in [0.29, 0.717) is 12.0 Å². The third kappa shape index (κ3) is 2.91. The van der Waals surface area contributed by atoms with Crippen molar-refractivity contribution in [2.75, 3.05) is 18.0 Å². The minimum atomic E-state index is 0.298. The number of anilines is 1. The summed E-state index contributed by atoms with van der Waals surface area (Å²) in [6, 6.07) is 4.16. The van der Waals surface area contributed by atoms with Crippen LogP contribution in [-0.4, -0.2) is 18.1 Å². The Labute approximate surface area is 110 Å². The fourth-order valence-electron chi connectivity index (χ4n) is 2.36. The standard InChI is InChI=1S/C15H23N3/c1-15(2,3)12-5-8-18(9-6-12)14-4-7-17-13(10-14)11-16/h4-5,7,10H,6,8-9,11,16H2,1-3H3. The maximum atomic E-state index is 5.63. The fraction of sp³-hybridized carbons (Fsp3) is 0.533. The van der Waals surface area contributed by atoms with Crippen LogP contribution in [-0.2, 0) is 6.54 Å². The molecule has 3 nitrogen and oxygen atoms in total. The van der Waals surface area contributed by atoms with Gasteiger partial charge in [-0.1, -0.05) is 32.4 Å². The van der Waals surface area contributed by atoms with Gasteiger partial charge in [0, 0.05) is 31.5 Å². The lowest BCUT2D eigenvalue weighted by Gasteiger charge is -2.33. The zero-order chi connectivity index (χ0) is 13.2. The van der Waals surface area contributed by atoms with Crippen LogP contribution in [0.3, 0.4) is 0 Å². The normalized spacial score (nSPS) is 16.7. The molecule has 18 heavy (non-hydrogen) atoms. The molecule has 1 aliphatic rings. The highest BCUT2D eigenvalue weighted by Crippen LogP contribution is 2.31. The number of aromatic nitrogens is 1. The maximum Gasteiger partial charge on any atom is 0.0560 e. The third-order valence-corrected chi connectivity index (χ3v) is 3.55.